The van der Waals surface area contributed by atoms with Gasteiger partial charge in [-0.2, -0.15) is 0 Å². The number of amides is 1. The summed E-state index contributed by atoms with van der Waals surface area (Å²) in [6.07, 6.45) is 1.77. The number of nitrogens with zero attached hydrogens (tertiary/aromatic N) is 2. The Bertz CT molecular complexity index is 1450. The second-order valence-corrected chi connectivity index (χ2v) is 9.35. The molecule has 0 atom stereocenters. The van der Waals surface area contributed by atoms with E-state index in [4.69, 9.17) is 19.7 Å². The van der Waals surface area contributed by atoms with Crippen molar-refractivity contribution in [2.24, 2.45) is 4.99 Å². The predicted molar refractivity (Wildman–Crippen MR) is 149 cm³/mol. The smallest absolute Gasteiger partial charge is 0.335 e. The van der Waals surface area contributed by atoms with Crippen LogP contribution < -0.4 is 9.47 Å². The fraction of sp³-hybridized carbons (Fsp3) is 0.172. The molecule has 0 saturated carbocycles. The van der Waals surface area contributed by atoms with Crippen molar-refractivity contribution >= 4 is 46.5 Å². The lowest BCUT2D eigenvalue weighted by Gasteiger charge is -2.13. The third-order valence-corrected chi connectivity index (χ3v) is 6.71. The average Bonchev–Trinajstić information content (AvgIpc) is 3.22. The molecular weight excluding hydrogens is 520 g/mol. The third kappa shape index (κ3) is 6.66. The molecule has 3 aromatic carbocycles. The number of hydrogen-bond donors (Lipinski definition) is 2. The van der Waals surface area contributed by atoms with E-state index >= 15 is 0 Å². The highest BCUT2D eigenvalue weighted by Gasteiger charge is 2.32. The summed E-state index contributed by atoms with van der Waals surface area (Å²) < 4.78 is 11.7. The van der Waals surface area contributed by atoms with Gasteiger partial charge in [0.25, 0.3) is 5.91 Å². The summed E-state index contributed by atoms with van der Waals surface area (Å²) in [6, 6.07) is 18.0. The zero-order valence-corrected chi connectivity index (χ0v) is 22.1. The highest BCUT2D eigenvalue weighted by atomic mass is 32.2. The fourth-order valence-electron chi connectivity index (χ4n) is 3.72. The molecule has 0 spiro atoms. The Kier molecular flexibility index (Phi) is 8.67. The van der Waals surface area contributed by atoms with Crippen LogP contribution in [-0.4, -0.2) is 51.3 Å². The number of hydrogen-bond acceptors (Lipinski definition) is 7. The summed E-state index contributed by atoms with van der Waals surface area (Å²) in [4.78, 5) is 41.8. The predicted octanol–water partition coefficient (Wildman–Crippen LogP) is 5.68. The number of carbonyl (C=O) groups excluding carboxylic acids is 1. The Balaban J connectivity index is 1.53. The van der Waals surface area contributed by atoms with Crippen molar-refractivity contribution in [2.45, 2.75) is 20.5 Å². The van der Waals surface area contributed by atoms with Crippen LogP contribution in [0.3, 0.4) is 0 Å². The Hall–Kier alpha value is -4.57. The summed E-state index contributed by atoms with van der Waals surface area (Å²) in [5, 5.41) is 18.7. The van der Waals surface area contributed by atoms with E-state index in [1.54, 1.807) is 47.4 Å². The highest BCUT2D eigenvalue weighted by molar-refractivity contribution is 8.18. The molecule has 0 radical (unpaired) electrons. The zero-order chi connectivity index (χ0) is 27.9. The van der Waals surface area contributed by atoms with Gasteiger partial charge in [-0.05, 0) is 91.3 Å². The number of aromatic carboxylic acids is 2. The largest absolute Gasteiger partial charge is 0.490 e. The van der Waals surface area contributed by atoms with Crippen molar-refractivity contribution in [1.82, 2.24) is 4.90 Å². The number of carbonyl (C=O) groups is 3. The molecule has 0 aromatic heterocycles. The number of amidine groups is 1. The van der Waals surface area contributed by atoms with Crippen LogP contribution in [0.15, 0.2) is 76.6 Å². The van der Waals surface area contributed by atoms with Crippen molar-refractivity contribution in [2.75, 3.05) is 13.2 Å². The van der Waals surface area contributed by atoms with Gasteiger partial charge in [-0.15, -0.1) is 0 Å². The first-order valence-corrected chi connectivity index (χ1v) is 13.0. The first-order valence-electron chi connectivity index (χ1n) is 12.1. The highest BCUT2D eigenvalue weighted by Crippen LogP contribution is 2.36. The van der Waals surface area contributed by atoms with E-state index < -0.39 is 11.9 Å². The van der Waals surface area contributed by atoms with Gasteiger partial charge in [-0.1, -0.05) is 18.2 Å². The number of aliphatic imine (C=N–C) groups is 1. The SMILES string of the molecule is CCOc1cc(C=C2SC(=Nc3ccc(C(=O)O)cc3)N(CC)C2=O)ccc1OCc1ccc(C(=O)O)cc1. The van der Waals surface area contributed by atoms with Crippen LogP contribution in [-0.2, 0) is 11.4 Å². The maximum Gasteiger partial charge on any atom is 0.335 e. The molecule has 10 heteroatoms. The number of rotatable bonds is 10. The van der Waals surface area contributed by atoms with E-state index in [1.165, 1.54) is 36.0 Å². The van der Waals surface area contributed by atoms with E-state index in [-0.39, 0.29) is 23.6 Å². The Morgan fingerprint density at radius 1 is 0.897 bits per heavy atom. The molecular formula is C29H26N2O7S. The second-order valence-electron chi connectivity index (χ2n) is 8.34. The third-order valence-electron chi connectivity index (χ3n) is 5.70. The lowest BCUT2D eigenvalue weighted by molar-refractivity contribution is -0.122. The van der Waals surface area contributed by atoms with Crippen LogP contribution in [0.2, 0.25) is 0 Å². The van der Waals surface area contributed by atoms with E-state index in [1.807, 2.05) is 19.9 Å². The summed E-state index contributed by atoms with van der Waals surface area (Å²) in [7, 11) is 0. The Labute approximate surface area is 229 Å². The lowest BCUT2D eigenvalue weighted by atomic mass is 10.1. The second kappa shape index (κ2) is 12.3. The number of ether oxygens (including phenoxy) is 2. The molecule has 0 aliphatic carbocycles. The topological polar surface area (TPSA) is 126 Å². The molecule has 1 amide bonds. The monoisotopic (exact) mass is 546 g/mol. The van der Waals surface area contributed by atoms with Gasteiger partial charge in [0.2, 0.25) is 0 Å². The molecule has 0 unspecified atom stereocenters. The zero-order valence-electron chi connectivity index (χ0n) is 21.3. The fourth-order valence-corrected chi connectivity index (χ4v) is 4.78. The quantitative estimate of drug-likeness (QED) is 0.311. The van der Waals surface area contributed by atoms with E-state index in [9.17, 15) is 14.4 Å². The first kappa shape index (κ1) is 27.5. The van der Waals surface area contributed by atoms with Crippen LogP contribution in [0.4, 0.5) is 5.69 Å². The van der Waals surface area contributed by atoms with Gasteiger partial charge < -0.3 is 19.7 Å². The Morgan fingerprint density at radius 2 is 1.54 bits per heavy atom. The summed E-state index contributed by atoms with van der Waals surface area (Å²) in [5.74, 6) is -1.14. The maximum atomic E-state index is 13.1. The normalized spacial score (nSPS) is 15.1. The summed E-state index contributed by atoms with van der Waals surface area (Å²) >= 11 is 1.24. The molecule has 39 heavy (non-hydrogen) atoms. The van der Waals surface area contributed by atoms with Gasteiger partial charge >= 0.3 is 11.9 Å². The van der Waals surface area contributed by atoms with Gasteiger partial charge in [-0.25, -0.2) is 14.6 Å². The maximum absolute atomic E-state index is 13.1. The summed E-state index contributed by atoms with van der Waals surface area (Å²) in [5.41, 5.74) is 2.47. The Morgan fingerprint density at radius 3 is 2.13 bits per heavy atom. The van der Waals surface area contributed by atoms with E-state index in [2.05, 4.69) is 4.99 Å². The number of carboxylic acid groups (broad SMARTS) is 2. The molecule has 1 saturated heterocycles. The van der Waals surface area contributed by atoms with Crippen molar-refractivity contribution in [3.8, 4) is 11.5 Å². The molecule has 4 rings (SSSR count). The number of likely N-dealkylation sites (N-methyl/N-ethyl adjacent to an activating group) is 1. The minimum absolute atomic E-state index is 0.163. The lowest BCUT2D eigenvalue weighted by Crippen LogP contribution is -2.28. The van der Waals surface area contributed by atoms with Crippen LogP contribution >= 0.6 is 11.8 Å². The van der Waals surface area contributed by atoms with E-state index in [0.717, 1.165) is 11.1 Å². The van der Waals surface area contributed by atoms with Gasteiger partial charge in [0, 0.05) is 6.54 Å². The molecule has 1 aliphatic rings. The van der Waals surface area contributed by atoms with Crippen LogP contribution in [0.1, 0.15) is 45.7 Å². The van der Waals surface area contributed by atoms with Gasteiger partial charge in [-0.3, -0.25) is 9.69 Å². The molecule has 9 nitrogen and oxygen atoms in total. The molecule has 3 aromatic rings. The molecule has 2 N–H and O–H groups in total. The first-order chi connectivity index (χ1) is 18.8. The minimum atomic E-state index is -1.02. The molecule has 1 fully saturated rings. The standard InChI is InChI=1S/C29H26N2O7S/c1-3-31-26(32)25(39-29(31)30-22-12-10-21(11-13-22)28(35)36)16-19-7-14-23(24(15-19)37-4-2)38-17-18-5-8-20(9-6-18)27(33)34/h5-16H,3-4,17H2,1-2H3,(H,33,34)(H,35,36). The minimum Gasteiger partial charge on any atom is -0.490 e. The van der Waals surface area contributed by atoms with E-state index in [0.29, 0.717) is 40.4 Å². The van der Waals surface area contributed by atoms with Crippen molar-refractivity contribution < 1.29 is 34.1 Å². The number of benzene rings is 3. The number of thioether (sulfide) groups is 1. The van der Waals surface area contributed by atoms with Crippen molar-refractivity contribution in [1.29, 1.82) is 0 Å². The molecule has 1 heterocycles. The molecule has 0 bridgehead atoms. The van der Waals surface area contributed by atoms with Crippen LogP contribution in [0.25, 0.3) is 6.08 Å². The average molecular weight is 547 g/mol. The van der Waals surface area contributed by atoms with Gasteiger partial charge in [0.1, 0.15) is 6.61 Å². The van der Waals surface area contributed by atoms with Crippen LogP contribution in [0.5, 0.6) is 11.5 Å². The molecule has 1 aliphatic heterocycles. The van der Waals surface area contributed by atoms with Crippen molar-refractivity contribution in [3.05, 3.63) is 93.9 Å². The van der Waals surface area contributed by atoms with Gasteiger partial charge in [0.15, 0.2) is 16.7 Å². The number of carboxylic acids is 2. The van der Waals surface area contributed by atoms with Crippen molar-refractivity contribution in [3.63, 3.8) is 0 Å². The summed E-state index contributed by atoms with van der Waals surface area (Å²) in [6.45, 7) is 4.80. The molecule has 200 valence electrons. The van der Waals surface area contributed by atoms with Crippen LogP contribution in [0, 0.1) is 0 Å². The van der Waals surface area contributed by atoms with Gasteiger partial charge in [0.05, 0.1) is 28.3 Å².